The molecule has 0 saturated heterocycles. The average molecular weight is 494 g/mol. The van der Waals surface area contributed by atoms with Crippen molar-refractivity contribution >= 4 is 24.2 Å². The van der Waals surface area contributed by atoms with Crippen LogP contribution in [0.2, 0.25) is 0 Å². The second kappa shape index (κ2) is 9.75. The Morgan fingerprint density at radius 3 is 1.55 bits per heavy atom. The van der Waals surface area contributed by atoms with Gasteiger partial charge in [0, 0.05) is 0 Å². The molecule has 0 heterocycles. The average Bonchev–Trinajstić information content (AvgIpc) is 3.51. The molecule has 0 bridgehead atoms. The van der Waals surface area contributed by atoms with Gasteiger partial charge in [-0.2, -0.15) is 0 Å². The first-order chi connectivity index (χ1) is 15.3. The van der Waals surface area contributed by atoms with Crippen LogP contribution in [0.1, 0.15) is 12.8 Å². The molecule has 2 aromatic carbocycles. The molecule has 0 unspecified atom stereocenters. The van der Waals surface area contributed by atoms with Gasteiger partial charge in [-0.25, -0.2) is 0 Å². The molecular formula is C24H22N2O4Zr. The number of amides is 2. The number of para-hydroxylation sites is 4. The molecule has 2 aliphatic carbocycles. The Bertz CT molecular complexity index is 1020. The maximum atomic E-state index is 11.1. The Morgan fingerprint density at radius 2 is 1.16 bits per heavy atom. The fraction of sp³-hybridized carbons (Fsp3) is 0.0833. The van der Waals surface area contributed by atoms with E-state index in [4.69, 9.17) is 5.63 Å². The fourth-order valence-corrected chi connectivity index (χ4v) is 11.9. The maximum absolute atomic E-state index is 11.1. The molecule has 2 aromatic rings. The topological polar surface area (TPSA) is 76.7 Å². The van der Waals surface area contributed by atoms with E-state index in [1.54, 1.807) is 12.1 Å². The van der Waals surface area contributed by atoms with Crippen LogP contribution in [0.25, 0.3) is 0 Å². The van der Waals surface area contributed by atoms with Crippen molar-refractivity contribution in [2.75, 3.05) is 10.6 Å². The minimum absolute atomic E-state index is 0.562. The summed E-state index contributed by atoms with van der Waals surface area (Å²) in [7, 11) is 0. The molecule has 7 heteroatoms. The van der Waals surface area contributed by atoms with E-state index < -0.39 is 21.1 Å². The summed E-state index contributed by atoms with van der Waals surface area (Å²) in [6.45, 7) is 0. The summed E-state index contributed by atoms with van der Waals surface area (Å²) in [6, 6.07) is 14.7. The van der Waals surface area contributed by atoms with E-state index in [0.717, 1.165) is 19.4 Å². The number of nitrogens with one attached hydrogen (secondary N) is 2. The number of carbonyl (C=O) groups is 2. The van der Waals surface area contributed by atoms with Gasteiger partial charge >= 0.3 is 187 Å². The molecule has 0 atom stereocenters. The zero-order valence-electron chi connectivity index (χ0n) is 16.8. The van der Waals surface area contributed by atoms with Crippen molar-refractivity contribution in [3.05, 3.63) is 91.5 Å². The molecule has 0 fully saturated rings. The van der Waals surface area contributed by atoms with Crippen molar-refractivity contribution < 1.29 is 36.4 Å². The van der Waals surface area contributed by atoms with Crippen LogP contribution in [-0.2, 0) is 30.7 Å². The number of allylic oxidation sites excluding steroid dienone is 8. The van der Waals surface area contributed by atoms with Gasteiger partial charge in [0.05, 0.1) is 0 Å². The molecule has 2 amide bonds. The van der Waals surface area contributed by atoms with E-state index in [-0.39, 0.29) is 0 Å². The van der Waals surface area contributed by atoms with Gasteiger partial charge in [0.25, 0.3) is 0 Å². The summed E-state index contributed by atoms with van der Waals surface area (Å²) >= 11 is -4.26. The Morgan fingerprint density at radius 1 is 0.710 bits per heavy atom. The van der Waals surface area contributed by atoms with Crippen molar-refractivity contribution in [1.29, 1.82) is 0 Å². The van der Waals surface area contributed by atoms with Gasteiger partial charge in [-0.1, -0.05) is 0 Å². The first-order valence-corrected chi connectivity index (χ1v) is 14.4. The standard InChI is InChI=1S/2C7H7NO2.2C5H5.Zr/c2*9-5-8-6-3-1-2-4-7(6)10;2*1-2-4-5-3-1;/h2*1-5,10H,(H,8,9);2*1-3H,4H2;/q;;;;+2/p-2. The molecule has 0 saturated carbocycles. The summed E-state index contributed by atoms with van der Waals surface area (Å²) in [4.78, 5) is 22.3. The molecule has 2 N–H and O–H groups in total. The van der Waals surface area contributed by atoms with Crippen LogP contribution in [0.15, 0.2) is 91.5 Å². The first-order valence-electron chi connectivity index (χ1n) is 9.95. The molecule has 0 radical (unpaired) electrons. The van der Waals surface area contributed by atoms with Gasteiger partial charge in [0.2, 0.25) is 0 Å². The van der Waals surface area contributed by atoms with Gasteiger partial charge in [0.1, 0.15) is 0 Å². The second-order valence-electron chi connectivity index (χ2n) is 6.99. The van der Waals surface area contributed by atoms with Gasteiger partial charge in [-0.15, -0.1) is 0 Å². The van der Waals surface area contributed by atoms with Crippen molar-refractivity contribution in [3.8, 4) is 11.5 Å². The van der Waals surface area contributed by atoms with Gasteiger partial charge in [-0.3, -0.25) is 0 Å². The molecule has 0 spiro atoms. The van der Waals surface area contributed by atoms with Crippen LogP contribution < -0.4 is 16.3 Å². The predicted molar refractivity (Wildman–Crippen MR) is 117 cm³/mol. The van der Waals surface area contributed by atoms with Crippen LogP contribution in [0, 0.1) is 0 Å². The van der Waals surface area contributed by atoms with Crippen LogP contribution in [-0.4, -0.2) is 12.8 Å². The van der Waals surface area contributed by atoms with E-state index in [1.807, 2.05) is 48.6 Å². The number of anilines is 2. The van der Waals surface area contributed by atoms with Crippen LogP contribution in [0.5, 0.6) is 11.5 Å². The van der Waals surface area contributed by atoms with Crippen LogP contribution >= 0.6 is 0 Å². The molecular weight excluding hydrogens is 471 g/mol. The third-order valence-corrected chi connectivity index (χ3v) is 13.6. The van der Waals surface area contributed by atoms with Crippen molar-refractivity contribution in [1.82, 2.24) is 0 Å². The van der Waals surface area contributed by atoms with Crippen LogP contribution in [0.4, 0.5) is 11.4 Å². The first kappa shape index (κ1) is 21.1. The third-order valence-electron chi connectivity index (χ3n) is 5.10. The van der Waals surface area contributed by atoms with Gasteiger partial charge in [0.15, 0.2) is 0 Å². The number of hydrogen-bond donors (Lipinski definition) is 2. The zero-order chi connectivity index (χ0) is 21.5. The van der Waals surface area contributed by atoms with Crippen molar-refractivity contribution in [2.24, 2.45) is 0 Å². The summed E-state index contributed by atoms with van der Waals surface area (Å²) in [5, 5.41) is 5.44. The zero-order valence-corrected chi connectivity index (χ0v) is 19.2. The summed E-state index contributed by atoms with van der Waals surface area (Å²) in [6.07, 6.45) is 15.1. The van der Waals surface area contributed by atoms with E-state index in [9.17, 15) is 9.59 Å². The Kier molecular flexibility index (Phi) is 6.63. The number of hydrogen-bond acceptors (Lipinski definition) is 4. The van der Waals surface area contributed by atoms with Gasteiger partial charge in [-0.05, 0) is 0 Å². The van der Waals surface area contributed by atoms with Crippen molar-refractivity contribution in [3.63, 3.8) is 0 Å². The van der Waals surface area contributed by atoms with E-state index in [1.165, 1.54) is 0 Å². The van der Waals surface area contributed by atoms with E-state index >= 15 is 0 Å². The second-order valence-corrected chi connectivity index (χ2v) is 14.2. The quantitative estimate of drug-likeness (QED) is 0.459. The molecule has 6 nitrogen and oxygen atoms in total. The fourth-order valence-electron chi connectivity index (χ4n) is 3.66. The van der Waals surface area contributed by atoms with E-state index in [2.05, 4.69) is 34.9 Å². The summed E-state index contributed by atoms with van der Waals surface area (Å²) < 4.78 is 15.9. The number of carbonyl (C=O) groups excluding carboxylic acids is 2. The molecule has 0 aliphatic heterocycles. The molecule has 156 valence electrons. The Hall–Kier alpha value is -3.18. The van der Waals surface area contributed by atoms with E-state index in [0.29, 0.717) is 35.7 Å². The SMILES string of the molecule is O=CNc1ccccc1[O][Zr]([O]c1ccccc1NC=O)([C]1=CC=CC1)[C]1=CC=CC1. The van der Waals surface area contributed by atoms with Crippen molar-refractivity contribution in [2.45, 2.75) is 12.8 Å². The predicted octanol–water partition coefficient (Wildman–Crippen LogP) is 4.95. The summed E-state index contributed by atoms with van der Waals surface area (Å²) in [5.74, 6) is 1.12. The molecule has 31 heavy (non-hydrogen) atoms. The molecule has 2 aliphatic rings. The Labute approximate surface area is 186 Å². The minimum atomic E-state index is -4.26. The molecule has 0 aromatic heterocycles. The van der Waals surface area contributed by atoms with Gasteiger partial charge < -0.3 is 0 Å². The normalized spacial score (nSPS) is 14.6. The monoisotopic (exact) mass is 492 g/mol. The van der Waals surface area contributed by atoms with Crippen LogP contribution in [0.3, 0.4) is 0 Å². The third kappa shape index (κ3) is 4.47. The number of benzene rings is 2. The number of rotatable bonds is 10. The summed E-state index contributed by atoms with van der Waals surface area (Å²) in [5.41, 5.74) is 1.17. The molecule has 4 rings (SSSR count). The Balaban J connectivity index is 1.84.